The summed E-state index contributed by atoms with van der Waals surface area (Å²) in [6.07, 6.45) is 0. The SMILES string of the molecule is C[C@@H](CO)NC(=O)c1cc(N)ccc1Br. The normalized spacial score (nSPS) is 12.2. The van der Waals surface area contributed by atoms with E-state index < -0.39 is 0 Å². The summed E-state index contributed by atoms with van der Waals surface area (Å²) in [5, 5.41) is 11.4. The number of carbonyl (C=O) groups excluding carboxylic acids is 1. The van der Waals surface area contributed by atoms with Crippen molar-refractivity contribution in [1.29, 1.82) is 0 Å². The van der Waals surface area contributed by atoms with Gasteiger partial charge in [-0.15, -0.1) is 0 Å². The molecule has 0 aliphatic rings. The van der Waals surface area contributed by atoms with Crippen molar-refractivity contribution in [3.63, 3.8) is 0 Å². The van der Waals surface area contributed by atoms with Crippen LogP contribution in [0.2, 0.25) is 0 Å². The Morgan fingerprint density at radius 1 is 1.67 bits per heavy atom. The molecule has 0 radical (unpaired) electrons. The van der Waals surface area contributed by atoms with Crippen molar-refractivity contribution < 1.29 is 9.90 Å². The predicted molar refractivity (Wildman–Crippen MR) is 62.6 cm³/mol. The highest BCUT2D eigenvalue weighted by atomic mass is 79.9. The molecule has 1 aromatic carbocycles. The number of benzene rings is 1. The minimum atomic E-state index is -0.272. The summed E-state index contributed by atoms with van der Waals surface area (Å²) in [6.45, 7) is 1.63. The topological polar surface area (TPSA) is 75.3 Å². The zero-order valence-corrected chi connectivity index (χ0v) is 9.91. The molecule has 0 saturated carbocycles. The van der Waals surface area contributed by atoms with Gasteiger partial charge in [0.25, 0.3) is 5.91 Å². The fourth-order valence-electron chi connectivity index (χ4n) is 1.06. The summed E-state index contributed by atoms with van der Waals surface area (Å²) in [6, 6.07) is 4.74. The van der Waals surface area contributed by atoms with Crippen LogP contribution in [-0.2, 0) is 0 Å². The van der Waals surface area contributed by atoms with E-state index in [1.165, 1.54) is 0 Å². The van der Waals surface area contributed by atoms with E-state index in [-0.39, 0.29) is 18.6 Å². The second-order valence-electron chi connectivity index (χ2n) is 3.30. The first-order valence-electron chi connectivity index (χ1n) is 4.51. The smallest absolute Gasteiger partial charge is 0.252 e. The van der Waals surface area contributed by atoms with Crippen molar-refractivity contribution in [3.8, 4) is 0 Å². The molecule has 0 aliphatic heterocycles. The van der Waals surface area contributed by atoms with E-state index >= 15 is 0 Å². The van der Waals surface area contributed by atoms with Gasteiger partial charge in [-0.2, -0.15) is 0 Å². The van der Waals surface area contributed by atoms with Gasteiger partial charge in [0, 0.05) is 16.2 Å². The molecule has 0 spiro atoms. The Bertz CT molecular complexity index is 368. The maximum Gasteiger partial charge on any atom is 0.252 e. The van der Waals surface area contributed by atoms with Gasteiger partial charge in [-0.25, -0.2) is 0 Å². The molecule has 0 bridgehead atoms. The van der Waals surface area contributed by atoms with Gasteiger partial charge < -0.3 is 16.2 Å². The standard InChI is InChI=1S/C10H13BrN2O2/c1-6(5-14)13-10(15)8-4-7(12)2-3-9(8)11/h2-4,6,14H,5,12H2,1H3,(H,13,15)/t6-/m0/s1. The first kappa shape index (κ1) is 12.0. The van der Waals surface area contributed by atoms with Crippen LogP contribution in [-0.4, -0.2) is 23.7 Å². The number of carbonyl (C=O) groups is 1. The summed E-state index contributed by atoms with van der Waals surface area (Å²) in [4.78, 5) is 11.7. The lowest BCUT2D eigenvalue weighted by Gasteiger charge is -2.12. The molecule has 0 saturated heterocycles. The van der Waals surface area contributed by atoms with Crippen LogP contribution in [0, 0.1) is 0 Å². The first-order valence-corrected chi connectivity index (χ1v) is 5.30. The minimum absolute atomic E-state index is 0.0916. The number of nitrogens with one attached hydrogen (secondary N) is 1. The minimum Gasteiger partial charge on any atom is -0.399 e. The third kappa shape index (κ3) is 3.21. The van der Waals surface area contributed by atoms with E-state index in [0.29, 0.717) is 15.7 Å². The van der Waals surface area contributed by atoms with Crippen molar-refractivity contribution in [2.75, 3.05) is 12.3 Å². The third-order valence-corrected chi connectivity index (χ3v) is 2.58. The van der Waals surface area contributed by atoms with Crippen LogP contribution >= 0.6 is 15.9 Å². The zero-order chi connectivity index (χ0) is 11.4. The monoisotopic (exact) mass is 272 g/mol. The van der Waals surface area contributed by atoms with Crippen LogP contribution in [0.4, 0.5) is 5.69 Å². The molecule has 4 nitrogen and oxygen atoms in total. The summed E-state index contributed by atoms with van der Waals surface area (Å²) in [5.41, 5.74) is 6.57. The number of nitrogens with two attached hydrogens (primary N) is 1. The highest BCUT2D eigenvalue weighted by molar-refractivity contribution is 9.10. The highest BCUT2D eigenvalue weighted by Gasteiger charge is 2.12. The number of amides is 1. The van der Waals surface area contributed by atoms with Gasteiger partial charge >= 0.3 is 0 Å². The van der Waals surface area contributed by atoms with E-state index in [4.69, 9.17) is 10.8 Å². The lowest BCUT2D eigenvalue weighted by Crippen LogP contribution is -2.35. The second-order valence-corrected chi connectivity index (χ2v) is 4.15. The number of aliphatic hydroxyl groups is 1. The largest absolute Gasteiger partial charge is 0.399 e. The fourth-order valence-corrected chi connectivity index (χ4v) is 1.49. The Kier molecular flexibility index (Phi) is 4.11. The van der Waals surface area contributed by atoms with Gasteiger partial charge in [0.05, 0.1) is 12.2 Å². The van der Waals surface area contributed by atoms with Gasteiger partial charge in [-0.3, -0.25) is 4.79 Å². The quantitative estimate of drug-likeness (QED) is 0.723. The molecule has 5 heteroatoms. The number of nitrogen functional groups attached to an aromatic ring is 1. The fraction of sp³-hybridized carbons (Fsp3) is 0.300. The molecular weight excluding hydrogens is 260 g/mol. The van der Waals surface area contributed by atoms with Crippen molar-refractivity contribution in [2.45, 2.75) is 13.0 Å². The number of hydrogen-bond donors (Lipinski definition) is 3. The van der Waals surface area contributed by atoms with Gasteiger partial charge in [-0.05, 0) is 41.1 Å². The number of halogens is 1. The summed E-state index contributed by atoms with van der Waals surface area (Å²) in [7, 11) is 0. The molecule has 1 rings (SSSR count). The zero-order valence-electron chi connectivity index (χ0n) is 8.33. The maximum absolute atomic E-state index is 11.7. The Labute approximate surface area is 96.6 Å². The molecular formula is C10H13BrN2O2. The molecule has 15 heavy (non-hydrogen) atoms. The van der Waals surface area contributed by atoms with Crippen LogP contribution < -0.4 is 11.1 Å². The number of hydrogen-bond acceptors (Lipinski definition) is 3. The molecule has 1 atom stereocenters. The number of aliphatic hydroxyl groups excluding tert-OH is 1. The van der Waals surface area contributed by atoms with E-state index in [1.54, 1.807) is 25.1 Å². The van der Waals surface area contributed by atoms with E-state index in [0.717, 1.165) is 0 Å². The highest BCUT2D eigenvalue weighted by Crippen LogP contribution is 2.19. The first-order chi connectivity index (χ1) is 7.04. The van der Waals surface area contributed by atoms with Crippen LogP contribution in [0.15, 0.2) is 22.7 Å². The Morgan fingerprint density at radius 2 is 2.33 bits per heavy atom. The van der Waals surface area contributed by atoms with Crippen LogP contribution in [0.5, 0.6) is 0 Å². The molecule has 0 fully saturated rings. The summed E-state index contributed by atoms with van der Waals surface area (Å²) in [5.74, 6) is -0.254. The molecule has 0 heterocycles. The lowest BCUT2D eigenvalue weighted by molar-refractivity contribution is 0.0921. The molecule has 0 aromatic heterocycles. The van der Waals surface area contributed by atoms with Gasteiger partial charge in [-0.1, -0.05) is 0 Å². The third-order valence-electron chi connectivity index (χ3n) is 1.89. The van der Waals surface area contributed by atoms with Crippen LogP contribution in [0.3, 0.4) is 0 Å². The van der Waals surface area contributed by atoms with Gasteiger partial charge in [0.1, 0.15) is 0 Å². The summed E-state index contributed by atoms with van der Waals surface area (Å²) < 4.78 is 0.680. The van der Waals surface area contributed by atoms with Crippen molar-refractivity contribution in [1.82, 2.24) is 5.32 Å². The van der Waals surface area contributed by atoms with Gasteiger partial charge in [0.15, 0.2) is 0 Å². The molecule has 0 aliphatic carbocycles. The molecule has 1 amide bonds. The molecule has 1 aromatic rings. The average molecular weight is 273 g/mol. The Hall–Kier alpha value is -1.07. The van der Waals surface area contributed by atoms with E-state index in [2.05, 4.69) is 21.2 Å². The average Bonchev–Trinajstić information content (AvgIpc) is 2.21. The second kappa shape index (κ2) is 5.14. The Balaban J connectivity index is 2.86. The van der Waals surface area contributed by atoms with Gasteiger partial charge in [0.2, 0.25) is 0 Å². The number of anilines is 1. The van der Waals surface area contributed by atoms with Crippen molar-refractivity contribution >= 4 is 27.5 Å². The van der Waals surface area contributed by atoms with E-state index in [9.17, 15) is 4.79 Å². The Morgan fingerprint density at radius 3 is 2.93 bits per heavy atom. The van der Waals surface area contributed by atoms with Crippen LogP contribution in [0.1, 0.15) is 17.3 Å². The maximum atomic E-state index is 11.7. The number of rotatable bonds is 3. The van der Waals surface area contributed by atoms with Crippen LogP contribution in [0.25, 0.3) is 0 Å². The van der Waals surface area contributed by atoms with Crippen molar-refractivity contribution in [3.05, 3.63) is 28.2 Å². The predicted octanol–water partition coefficient (Wildman–Crippen LogP) is 1.14. The molecule has 0 unspecified atom stereocenters. The summed E-state index contributed by atoms with van der Waals surface area (Å²) >= 11 is 3.26. The van der Waals surface area contributed by atoms with Crippen molar-refractivity contribution in [2.24, 2.45) is 0 Å². The molecule has 82 valence electrons. The van der Waals surface area contributed by atoms with E-state index in [1.807, 2.05) is 0 Å². The lowest BCUT2D eigenvalue weighted by atomic mass is 10.2. The molecule has 4 N–H and O–H groups in total.